The molecular formula is C18H28N4O. The van der Waals surface area contributed by atoms with E-state index in [-0.39, 0.29) is 11.8 Å². The lowest BCUT2D eigenvalue weighted by atomic mass is 9.92. The SMILES string of the molecule is C[C@H]1C[C@@H](C(=O)NCc2ccnc(N3CCCCC3)c2)CCN1. The first-order valence-corrected chi connectivity index (χ1v) is 8.93. The van der Waals surface area contributed by atoms with Gasteiger partial charge in [0, 0.05) is 37.8 Å². The average Bonchev–Trinajstić information content (AvgIpc) is 2.61. The maximum absolute atomic E-state index is 12.3. The van der Waals surface area contributed by atoms with Crippen molar-refractivity contribution >= 4 is 11.7 Å². The molecule has 0 bridgehead atoms. The van der Waals surface area contributed by atoms with Gasteiger partial charge in [0.2, 0.25) is 5.91 Å². The fourth-order valence-corrected chi connectivity index (χ4v) is 3.57. The summed E-state index contributed by atoms with van der Waals surface area (Å²) in [5.41, 5.74) is 1.14. The number of piperidine rings is 2. The van der Waals surface area contributed by atoms with Crippen LogP contribution >= 0.6 is 0 Å². The Morgan fingerprint density at radius 2 is 2.22 bits per heavy atom. The number of nitrogens with zero attached hydrogens (tertiary/aromatic N) is 2. The Hall–Kier alpha value is -1.62. The van der Waals surface area contributed by atoms with E-state index in [9.17, 15) is 4.79 Å². The van der Waals surface area contributed by atoms with Crippen LogP contribution in [0.4, 0.5) is 5.82 Å². The highest BCUT2D eigenvalue weighted by atomic mass is 16.1. The smallest absolute Gasteiger partial charge is 0.223 e. The number of rotatable bonds is 4. The van der Waals surface area contributed by atoms with Gasteiger partial charge in [-0.15, -0.1) is 0 Å². The first-order valence-electron chi connectivity index (χ1n) is 8.93. The van der Waals surface area contributed by atoms with Crippen LogP contribution in [0.2, 0.25) is 0 Å². The molecule has 0 aromatic carbocycles. The van der Waals surface area contributed by atoms with E-state index in [1.807, 2.05) is 12.3 Å². The Morgan fingerprint density at radius 3 is 3.00 bits per heavy atom. The Kier molecular flexibility index (Phi) is 5.49. The molecule has 0 radical (unpaired) electrons. The second-order valence-corrected chi connectivity index (χ2v) is 6.86. The zero-order valence-corrected chi connectivity index (χ0v) is 14.1. The molecule has 0 unspecified atom stereocenters. The quantitative estimate of drug-likeness (QED) is 0.893. The summed E-state index contributed by atoms with van der Waals surface area (Å²) >= 11 is 0. The van der Waals surface area contributed by atoms with Crippen molar-refractivity contribution in [2.45, 2.75) is 51.6 Å². The Bertz CT molecular complexity index is 528. The van der Waals surface area contributed by atoms with Gasteiger partial charge in [-0.1, -0.05) is 0 Å². The molecule has 2 aliphatic rings. The van der Waals surface area contributed by atoms with Gasteiger partial charge in [-0.3, -0.25) is 4.79 Å². The van der Waals surface area contributed by atoms with Crippen LogP contribution in [0.15, 0.2) is 18.3 Å². The molecule has 1 aromatic heterocycles. The van der Waals surface area contributed by atoms with E-state index >= 15 is 0 Å². The molecule has 3 heterocycles. The largest absolute Gasteiger partial charge is 0.357 e. The number of pyridine rings is 1. The third-order valence-corrected chi connectivity index (χ3v) is 4.95. The van der Waals surface area contributed by atoms with Crippen molar-refractivity contribution in [1.29, 1.82) is 0 Å². The third-order valence-electron chi connectivity index (χ3n) is 4.95. The minimum Gasteiger partial charge on any atom is -0.357 e. The van der Waals surface area contributed by atoms with Gasteiger partial charge in [-0.2, -0.15) is 0 Å². The number of hydrogen-bond donors (Lipinski definition) is 2. The molecular weight excluding hydrogens is 288 g/mol. The number of carbonyl (C=O) groups excluding carboxylic acids is 1. The summed E-state index contributed by atoms with van der Waals surface area (Å²) in [7, 11) is 0. The molecule has 1 aromatic rings. The number of nitrogens with one attached hydrogen (secondary N) is 2. The van der Waals surface area contributed by atoms with E-state index < -0.39 is 0 Å². The number of hydrogen-bond acceptors (Lipinski definition) is 4. The van der Waals surface area contributed by atoms with Crippen LogP contribution in [0.1, 0.15) is 44.6 Å². The lowest BCUT2D eigenvalue weighted by molar-refractivity contribution is -0.126. The van der Waals surface area contributed by atoms with Gasteiger partial charge in [-0.05, 0) is 63.3 Å². The van der Waals surface area contributed by atoms with Gasteiger partial charge in [0.25, 0.3) is 0 Å². The Labute approximate surface area is 138 Å². The van der Waals surface area contributed by atoms with Crippen molar-refractivity contribution in [3.8, 4) is 0 Å². The highest BCUT2D eigenvalue weighted by Gasteiger charge is 2.24. The van der Waals surface area contributed by atoms with Crippen LogP contribution in [-0.2, 0) is 11.3 Å². The van der Waals surface area contributed by atoms with E-state index in [0.29, 0.717) is 12.6 Å². The van der Waals surface area contributed by atoms with Crippen molar-refractivity contribution in [2.75, 3.05) is 24.5 Å². The molecule has 5 nitrogen and oxygen atoms in total. The van der Waals surface area contributed by atoms with Gasteiger partial charge < -0.3 is 15.5 Å². The zero-order valence-electron chi connectivity index (χ0n) is 14.1. The first kappa shape index (κ1) is 16.2. The second kappa shape index (κ2) is 7.77. The predicted octanol–water partition coefficient (Wildman–Crippen LogP) is 2.08. The topological polar surface area (TPSA) is 57.3 Å². The highest BCUT2D eigenvalue weighted by Crippen LogP contribution is 2.19. The number of aromatic nitrogens is 1. The second-order valence-electron chi connectivity index (χ2n) is 6.86. The van der Waals surface area contributed by atoms with Crippen molar-refractivity contribution in [2.24, 2.45) is 5.92 Å². The minimum absolute atomic E-state index is 0.148. The molecule has 23 heavy (non-hydrogen) atoms. The van der Waals surface area contributed by atoms with Gasteiger partial charge in [0.05, 0.1) is 0 Å². The van der Waals surface area contributed by atoms with Crippen LogP contribution < -0.4 is 15.5 Å². The summed E-state index contributed by atoms with van der Waals surface area (Å²) in [6.07, 6.45) is 7.54. The third kappa shape index (κ3) is 4.44. The zero-order chi connectivity index (χ0) is 16.1. The molecule has 0 spiro atoms. The molecule has 0 saturated carbocycles. The fraction of sp³-hybridized carbons (Fsp3) is 0.667. The van der Waals surface area contributed by atoms with Crippen molar-refractivity contribution in [1.82, 2.24) is 15.6 Å². The number of amides is 1. The number of anilines is 1. The van der Waals surface area contributed by atoms with Crippen LogP contribution in [0.3, 0.4) is 0 Å². The minimum atomic E-state index is 0.148. The van der Waals surface area contributed by atoms with E-state index in [2.05, 4.69) is 33.5 Å². The van der Waals surface area contributed by atoms with E-state index in [1.165, 1.54) is 19.3 Å². The summed E-state index contributed by atoms with van der Waals surface area (Å²) in [5, 5.41) is 6.50. The van der Waals surface area contributed by atoms with Crippen molar-refractivity contribution in [3.63, 3.8) is 0 Å². The molecule has 2 fully saturated rings. The standard InChI is InChI=1S/C18H28N4O/c1-14-11-16(6-8-19-14)18(23)21-13-15-5-7-20-17(12-15)22-9-3-2-4-10-22/h5,7,12,14,16,19H,2-4,6,8-11,13H2,1H3,(H,21,23)/t14-,16-/m0/s1. The fourth-order valence-electron chi connectivity index (χ4n) is 3.57. The lowest BCUT2D eigenvalue weighted by Gasteiger charge is -2.28. The van der Waals surface area contributed by atoms with E-state index in [0.717, 1.165) is 43.9 Å². The molecule has 2 saturated heterocycles. The molecule has 2 aliphatic heterocycles. The summed E-state index contributed by atoms with van der Waals surface area (Å²) in [6.45, 7) is 5.87. The molecule has 1 amide bonds. The van der Waals surface area contributed by atoms with Crippen LogP contribution in [0, 0.1) is 5.92 Å². The van der Waals surface area contributed by atoms with Gasteiger partial charge in [-0.25, -0.2) is 4.98 Å². The molecule has 3 rings (SSSR count). The van der Waals surface area contributed by atoms with Crippen molar-refractivity contribution < 1.29 is 4.79 Å². The maximum Gasteiger partial charge on any atom is 0.223 e. The van der Waals surface area contributed by atoms with Crippen molar-refractivity contribution in [3.05, 3.63) is 23.9 Å². The summed E-state index contributed by atoms with van der Waals surface area (Å²) in [4.78, 5) is 19.2. The monoisotopic (exact) mass is 316 g/mol. The Balaban J connectivity index is 1.54. The molecule has 2 atom stereocenters. The first-order chi connectivity index (χ1) is 11.2. The molecule has 2 N–H and O–H groups in total. The normalized spacial score (nSPS) is 25.2. The van der Waals surface area contributed by atoms with E-state index in [1.54, 1.807) is 0 Å². The summed E-state index contributed by atoms with van der Waals surface area (Å²) in [5.74, 6) is 1.39. The number of carbonyl (C=O) groups is 1. The van der Waals surface area contributed by atoms with Crippen LogP contribution in [-0.4, -0.2) is 36.6 Å². The maximum atomic E-state index is 12.3. The predicted molar refractivity (Wildman–Crippen MR) is 92.3 cm³/mol. The Morgan fingerprint density at radius 1 is 1.39 bits per heavy atom. The highest BCUT2D eigenvalue weighted by molar-refractivity contribution is 5.78. The lowest BCUT2D eigenvalue weighted by Crippen LogP contribution is -2.42. The van der Waals surface area contributed by atoms with Gasteiger partial charge in [0.15, 0.2) is 0 Å². The van der Waals surface area contributed by atoms with E-state index in [4.69, 9.17) is 0 Å². The van der Waals surface area contributed by atoms with Gasteiger partial charge >= 0.3 is 0 Å². The summed E-state index contributed by atoms with van der Waals surface area (Å²) < 4.78 is 0. The molecule has 126 valence electrons. The molecule has 5 heteroatoms. The van der Waals surface area contributed by atoms with Crippen LogP contribution in [0.5, 0.6) is 0 Å². The van der Waals surface area contributed by atoms with Gasteiger partial charge in [0.1, 0.15) is 5.82 Å². The van der Waals surface area contributed by atoms with Crippen LogP contribution in [0.25, 0.3) is 0 Å². The average molecular weight is 316 g/mol. The summed E-state index contributed by atoms with van der Waals surface area (Å²) in [6, 6.07) is 4.56. The molecule has 0 aliphatic carbocycles.